The smallest absolute Gasteiger partial charge is 0.164 e. The lowest BCUT2D eigenvalue weighted by Crippen LogP contribution is -2.00. The Balaban J connectivity index is 1.46. The fourth-order valence-corrected chi connectivity index (χ4v) is 5.13. The number of aromatic nitrogens is 3. The second kappa shape index (κ2) is 9.24. The van der Waals surface area contributed by atoms with Gasteiger partial charge in [-0.1, -0.05) is 90.5 Å². The molecule has 4 aromatic carbocycles. The summed E-state index contributed by atoms with van der Waals surface area (Å²) in [5.74, 6) is 1.93. The molecular formula is C34H25N3O. The van der Waals surface area contributed by atoms with Crippen LogP contribution in [0.1, 0.15) is 24.0 Å². The van der Waals surface area contributed by atoms with Gasteiger partial charge in [0.1, 0.15) is 11.2 Å². The Morgan fingerprint density at radius 3 is 2.24 bits per heavy atom. The Hall–Kier alpha value is -4.83. The molecule has 0 spiro atoms. The van der Waals surface area contributed by atoms with E-state index in [0.29, 0.717) is 17.5 Å². The Kier molecular flexibility index (Phi) is 5.44. The van der Waals surface area contributed by atoms with Crippen molar-refractivity contribution in [3.05, 3.63) is 120 Å². The summed E-state index contributed by atoms with van der Waals surface area (Å²) in [6.45, 7) is 2.10. The van der Waals surface area contributed by atoms with Gasteiger partial charge in [-0.05, 0) is 55.2 Å². The van der Waals surface area contributed by atoms with E-state index in [0.717, 1.165) is 51.5 Å². The first-order valence-electron chi connectivity index (χ1n) is 12.9. The van der Waals surface area contributed by atoms with Gasteiger partial charge in [0.25, 0.3) is 0 Å². The monoisotopic (exact) mass is 491 g/mol. The van der Waals surface area contributed by atoms with Gasteiger partial charge in [0, 0.05) is 27.5 Å². The molecule has 4 nitrogen and oxygen atoms in total. The van der Waals surface area contributed by atoms with Gasteiger partial charge in [0.05, 0.1) is 0 Å². The van der Waals surface area contributed by atoms with E-state index in [4.69, 9.17) is 19.4 Å². The molecule has 0 amide bonds. The summed E-state index contributed by atoms with van der Waals surface area (Å²) in [5.41, 5.74) is 8.11. The summed E-state index contributed by atoms with van der Waals surface area (Å²) in [6, 6.07) is 30.9. The number of nitrogens with zero attached hydrogens (tertiary/aromatic N) is 3. The predicted molar refractivity (Wildman–Crippen MR) is 155 cm³/mol. The number of fused-ring (bicyclic) bond motifs is 3. The molecule has 0 atom stereocenters. The van der Waals surface area contributed by atoms with Crippen LogP contribution in [0.4, 0.5) is 0 Å². The molecule has 0 saturated heterocycles. The van der Waals surface area contributed by atoms with Crippen molar-refractivity contribution in [2.24, 2.45) is 0 Å². The standard InChI is InChI=1S/C34H25N3O/c1-22-18-19-29-28(20-22)31-27(16-9-17-30(31)38-29)34-36-32(24-12-6-3-7-13-24)35-33(37-34)26-15-8-14-25(21-26)23-10-4-2-5-11-23/h3-4,6-21H,2,5H2,1H3. The van der Waals surface area contributed by atoms with Crippen LogP contribution >= 0.6 is 0 Å². The molecule has 182 valence electrons. The van der Waals surface area contributed by atoms with Gasteiger partial charge in [-0.3, -0.25) is 0 Å². The molecule has 2 aromatic heterocycles. The van der Waals surface area contributed by atoms with Gasteiger partial charge < -0.3 is 4.42 Å². The summed E-state index contributed by atoms with van der Waals surface area (Å²) in [6.07, 6.45) is 8.87. The molecule has 38 heavy (non-hydrogen) atoms. The minimum Gasteiger partial charge on any atom is -0.456 e. The van der Waals surface area contributed by atoms with E-state index in [2.05, 4.69) is 67.6 Å². The number of rotatable bonds is 4. The summed E-state index contributed by atoms with van der Waals surface area (Å²) in [5, 5.41) is 2.09. The van der Waals surface area contributed by atoms with Gasteiger partial charge >= 0.3 is 0 Å². The number of allylic oxidation sites excluding steroid dienone is 4. The lowest BCUT2D eigenvalue weighted by Gasteiger charge is -2.11. The van der Waals surface area contributed by atoms with Gasteiger partial charge in [0.15, 0.2) is 17.5 Å². The highest BCUT2D eigenvalue weighted by molar-refractivity contribution is 6.12. The Bertz CT molecular complexity index is 1880. The van der Waals surface area contributed by atoms with E-state index in [1.807, 2.05) is 48.5 Å². The predicted octanol–water partition coefficient (Wildman–Crippen LogP) is 8.81. The zero-order valence-corrected chi connectivity index (χ0v) is 21.1. The highest BCUT2D eigenvalue weighted by Gasteiger charge is 2.18. The summed E-state index contributed by atoms with van der Waals surface area (Å²) >= 11 is 0. The molecule has 0 N–H and O–H groups in total. The number of benzene rings is 4. The quantitative estimate of drug-likeness (QED) is 0.247. The minimum atomic E-state index is 0.630. The fourth-order valence-electron chi connectivity index (χ4n) is 5.13. The second-order valence-electron chi connectivity index (χ2n) is 9.67. The summed E-state index contributed by atoms with van der Waals surface area (Å²) in [7, 11) is 0. The Labute approximate surface area is 221 Å². The molecule has 6 aromatic rings. The molecule has 7 rings (SSSR count). The second-order valence-corrected chi connectivity index (χ2v) is 9.67. The van der Waals surface area contributed by atoms with Crippen LogP contribution in [0.5, 0.6) is 0 Å². The van der Waals surface area contributed by atoms with Crippen LogP contribution in [0.3, 0.4) is 0 Å². The SMILES string of the molecule is Cc1ccc2oc3cccc(-c4nc(-c5ccccc5)nc(-c5cccc(C6=CCCC=C6)c5)n4)c3c2c1. The maximum absolute atomic E-state index is 6.20. The first-order valence-corrected chi connectivity index (χ1v) is 12.9. The van der Waals surface area contributed by atoms with E-state index in [1.54, 1.807) is 0 Å². The average Bonchev–Trinajstić information content (AvgIpc) is 3.36. The maximum atomic E-state index is 6.20. The van der Waals surface area contributed by atoms with Gasteiger partial charge in [-0.2, -0.15) is 0 Å². The molecule has 0 bridgehead atoms. The van der Waals surface area contributed by atoms with Crippen LogP contribution < -0.4 is 0 Å². The summed E-state index contributed by atoms with van der Waals surface area (Å²) < 4.78 is 6.20. The van der Waals surface area contributed by atoms with Crippen molar-refractivity contribution in [2.75, 3.05) is 0 Å². The lowest BCUT2D eigenvalue weighted by molar-refractivity contribution is 0.669. The van der Waals surface area contributed by atoms with E-state index in [9.17, 15) is 0 Å². The van der Waals surface area contributed by atoms with Crippen molar-refractivity contribution >= 4 is 27.5 Å². The maximum Gasteiger partial charge on any atom is 0.164 e. The van der Waals surface area contributed by atoms with E-state index >= 15 is 0 Å². The van der Waals surface area contributed by atoms with Gasteiger partial charge in [-0.25, -0.2) is 15.0 Å². The van der Waals surface area contributed by atoms with Crippen molar-refractivity contribution in [1.29, 1.82) is 0 Å². The first kappa shape index (κ1) is 22.4. The van der Waals surface area contributed by atoms with Crippen molar-refractivity contribution in [3.8, 4) is 34.2 Å². The molecule has 0 saturated carbocycles. The number of furan rings is 1. The minimum absolute atomic E-state index is 0.630. The Morgan fingerprint density at radius 1 is 0.632 bits per heavy atom. The van der Waals surface area contributed by atoms with Crippen molar-refractivity contribution in [1.82, 2.24) is 15.0 Å². The molecule has 0 radical (unpaired) electrons. The lowest BCUT2D eigenvalue weighted by atomic mass is 9.98. The fraction of sp³-hybridized carbons (Fsp3) is 0.0882. The highest BCUT2D eigenvalue weighted by atomic mass is 16.3. The summed E-state index contributed by atoms with van der Waals surface area (Å²) in [4.78, 5) is 15.0. The van der Waals surface area contributed by atoms with Crippen LogP contribution in [0.25, 0.3) is 61.7 Å². The van der Waals surface area contributed by atoms with Crippen molar-refractivity contribution in [3.63, 3.8) is 0 Å². The molecule has 4 heteroatoms. The topological polar surface area (TPSA) is 51.8 Å². The molecule has 0 fully saturated rings. The number of hydrogen-bond acceptors (Lipinski definition) is 4. The molecular weight excluding hydrogens is 466 g/mol. The molecule has 1 aliphatic carbocycles. The van der Waals surface area contributed by atoms with Crippen molar-refractivity contribution < 1.29 is 4.42 Å². The van der Waals surface area contributed by atoms with Gasteiger partial charge in [-0.15, -0.1) is 0 Å². The third-order valence-electron chi connectivity index (χ3n) is 7.01. The third kappa shape index (κ3) is 4.00. The van der Waals surface area contributed by atoms with Crippen LogP contribution in [0.15, 0.2) is 114 Å². The number of hydrogen-bond donors (Lipinski definition) is 0. The molecule has 1 aliphatic rings. The van der Waals surface area contributed by atoms with Gasteiger partial charge in [0.2, 0.25) is 0 Å². The van der Waals surface area contributed by atoms with E-state index in [1.165, 1.54) is 16.7 Å². The third-order valence-corrected chi connectivity index (χ3v) is 7.01. The Morgan fingerprint density at radius 2 is 1.39 bits per heavy atom. The van der Waals surface area contributed by atoms with Crippen molar-refractivity contribution in [2.45, 2.75) is 19.8 Å². The highest BCUT2D eigenvalue weighted by Crippen LogP contribution is 2.37. The van der Waals surface area contributed by atoms with Crippen LogP contribution in [0.2, 0.25) is 0 Å². The molecule has 0 aliphatic heterocycles. The van der Waals surface area contributed by atoms with E-state index < -0.39 is 0 Å². The first-order chi connectivity index (χ1) is 18.7. The van der Waals surface area contributed by atoms with Crippen LogP contribution in [0, 0.1) is 6.92 Å². The van der Waals surface area contributed by atoms with Crippen LogP contribution in [-0.2, 0) is 0 Å². The number of aryl methyl sites for hydroxylation is 1. The zero-order valence-electron chi connectivity index (χ0n) is 21.1. The average molecular weight is 492 g/mol. The largest absolute Gasteiger partial charge is 0.456 e. The van der Waals surface area contributed by atoms with E-state index in [-0.39, 0.29) is 0 Å². The molecule has 2 heterocycles. The zero-order chi connectivity index (χ0) is 25.5. The molecule has 0 unspecified atom stereocenters. The normalized spacial score (nSPS) is 13.2. The van der Waals surface area contributed by atoms with Crippen LogP contribution in [-0.4, -0.2) is 15.0 Å².